The molecule has 0 amide bonds. The van der Waals surface area contributed by atoms with Gasteiger partial charge in [0.25, 0.3) is 0 Å². The van der Waals surface area contributed by atoms with Gasteiger partial charge in [-0.05, 0) is 74.6 Å². The fourth-order valence-electron chi connectivity index (χ4n) is 8.01. The summed E-state index contributed by atoms with van der Waals surface area (Å²) in [6.07, 6.45) is 0. The molecule has 0 unspecified atom stereocenters. The van der Waals surface area contributed by atoms with E-state index in [1.54, 1.807) is 0 Å². The topological polar surface area (TPSA) is 6.48 Å². The Morgan fingerprint density at radius 3 is 1.83 bits per heavy atom. The van der Waals surface area contributed by atoms with Crippen LogP contribution in [0.1, 0.15) is 0 Å². The minimum atomic E-state index is -0.00464. The van der Waals surface area contributed by atoms with Crippen molar-refractivity contribution in [3.63, 3.8) is 0 Å². The average Bonchev–Trinajstić information content (AvgIpc) is 3.15. The summed E-state index contributed by atoms with van der Waals surface area (Å²) in [7, 11) is 0. The molecule has 2 aliphatic rings. The molecule has 0 saturated heterocycles. The van der Waals surface area contributed by atoms with Gasteiger partial charge in [-0.1, -0.05) is 140 Å². The molecule has 0 saturated carbocycles. The van der Waals surface area contributed by atoms with Crippen LogP contribution in [0.25, 0.3) is 43.8 Å². The van der Waals surface area contributed by atoms with Crippen LogP contribution in [0.2, 0.25) is 0 Å². The third-order valence-electron chi connectivity index (χ3n) is 10.00. The van der Waals surface area contributed by atoms with Crippen molar-refractivity contribution < 1.29 is 0 Å². The fraction of sp³-hybridized carbons (Fsp3) is 0. The highest BCUT2D eigenvalue weighted by Gasteiger charge is 2.45. The van der Waals surface area contributed by atoms with Gasteiger partial charge < -0.3 is 9.71 Å². The van der Waals surface area contributed by atoms with Crippen molar-refractivity contribution >= 4 is 67.8 Å². The smallest absolute Gasteiger partial charge is 0.333 e. The molecule has 0 aromatic heterocycles. The van der Waals surface area contributed by atoms with E-state index in [0.717, 1.165) is 0 Å². The molecule has 0 fully saturated rings. The highest BCUT2D eigenvalue weighted by Crippen LogP contribution is 2.49. The van der Waals surface area contributed by atoms with Crippen molar-refractivity contribution in [3.05, 3.63) is 176 Å². The molecule has 0 aliphatic carbocycles. The first kappa shape index (κ1) is 26.2. The van der Waals surface area contributed by atoms with Crippen LogP contribution in [0.4, 0.5) is 28.4 Å². The third-order valence-corrected chi connectivity index (χ3v) is 10.00. The molecule has 3 heteroatoms. The standard InChI is InChI=1S/C44H29BN2/c1-2-14-31(15-3-1)37-28-32-17-4-5-18-33(32)29-43(37)46-41-25-11-9-23-38(41)45-44-36(22-13-27-42(44)46)35-21-8-10-24-40(35)47(45)39-26-12-19-30-16-6-7-20-34(30)39/h1-29H. The van der Waals surface area contributed by atoms with Crippen LogP contribution in [-0.2, 0) is 0 Å². The number of benzene rings is 8. The van der Waals surface area contributed by atoms with Gasteiger partial charge in [-0.15, -0.1) is 0 Å². The first-order valence-electron chi connectivity index (χ1n) is 16.3. The van der Waals surface area contributed by atoms with Crippen LogP contribution in [0, 0.1) is 0 Å². The van der Waals surface area contributed by atoms with Crippen molar-refractivity contribution in [2.24, 2.45) is 0 Å². The molecule has 2 heterocycles. The number of hydrogen-bond donors (Lipinski definition) is 0. The number of fused-ring (bicyclic) bond motifs is 6. The first-order chi connectivity index (χ1) is 23.3. The van der Waals surface area contributed by atoms with E-state index in [0.29, 0.717) is 0 Å². The van der Waals surface area contributed by atoms with Gasteiger partial charge >= 0.3 is 6.85 Å². The SMILES string of the molecule is c1ccc(-c2cc3ccccc3cc2N2c3ccccc3B3c4c(cccc42)-c2ccccc2N3c2cccc3ccccc23)cc1. The highest BCUT2D eigenvalue weighted by atomic mass is 15.2. The molecule has 0 spiro atoms. The maximum Gasteiger partial charge on any atom is 0.333 e. The van der Waals surface area contributed by atoms with Crippen molar-refractivity contribution in [1.29, 1.82) is 0 Å². The van der Waals surface area contributed by atoms with E-state index in [4.69, 9.17) is 0 Å². The zero-order chi connectivity index (χ0) is 30.9. The quantitative estimate of drug-likeness (QED) is 0.187. The van der Waals surface area contributed by atoms with E-state index in [-0.39, 0.29) is 6.85 Å². The summed E-state index contributed by atoms with van der Waals surface area (Å²) in [5, 5.41) is 4.97. The second kappa shape index (κ2) is 10.2. The molecule has 10 rings (SSSR count). The predicted molar refractivity (Wildman–Crippen MR) is 201 cm³/mol. The van der Waals surface area contributed by atoms with Gasteiger partial charge in [-0.3, -0.25) is 0 Å². The van der Waals surface area contributed by atoms with Crippen LogP contribution < -0.4 is 20.6 Å². The van der Waals surface area contributed by atoms with E-state index >= 15 is 0 Å². The predicted octanol–water partition coefficient (Wildman–Crippen LogP) is 10.4. The van der Waals surface area contributed by atoms with Crippen LogP contribution in [0.5, 0.6) is 0 Å². The Morgan fingerprint density at radius 2 is 0.957 bits per heavy atom. The lowest BCUT2D eigenvalue weighted by molar-refractivity contribution is 1.28. The van der Waals surface area contributed by atoms with E-state index in [9.17, 15) is 0 Å². The van der Waals surface area contributed by atoms with Crippen molar-refractivity contribution in [1.82, 2.24) is 0 Å². The van der Waals surface area contributed by atoms with Gasteiger partial charge in [-0.25, -0.2) is 0 Å². The monoisotopic (exact) mass is 596 g/mol. The van der Waals surface area contributed by atoms with Gasteiger partial charge in [0.1, 0.15) is 0 Å². The molecule has 2 nitrogen and oxygen atoms in total. The molecular formula is C44H29BN2. The Kier molecular flexibility index (Phi) is 5.70. The summed E-state index contributed by atoms with van der Waals surface area (Å²) >= 11 is 0. The van der Waals surface area contributed by atoms with Crippen molar-refractivity contribution in [2.75, 3.05) is 9.71 Å². The van der Waals surface area contributed by atoms with E-state index in [1.165, 1.54) is 83.2 Å². The minimum Gasteiger partial charge on any atom is -0.376 e. The molecule has 2 aliphatic heterocycles. The van der Waals surface area contributed by atoms with Gasteiger partial charge in [0, 0.05) is 39.3 Å². The summed E-state index contributed by atoms with van der Waals surface area (Å²) in [5.74, 6) is 0. The number of anilines is 5. The Labute approximate surface area is 274 Å². The van der Waals surface area contributed by atoms with E-state index in [1.807, 2.05) is 0 Å². The zero-order valence-corrected chi connectivity index (χ0v) is 25.7. The van der Waals surface area contributed by atoms with Crippen LogP contribution in [0.3, 0.4) is 0 Å². The summed E-state index contributed by atoms with van der Waals surface area (Å²) in [5.41, 5.74) is 13.7. The number of hydrogen-bond acceptors (Lipinski definition) is 2. The summed E-state index contributed by atoms with van der Waals surface area (Å²) in [4.78, 5) is 5.12. The third kappa shape index (κ3) is 3.87. The first-order valence-corrected chi connectivity index (χ1v) is 16.3. The minimum absolute atomic E-state index is 0.00464. The molecule has 0 bridgehead atoms. The molecular weight excluding hydrogens is 567 g/mol. The Hall–Kier alpha value is -6.06. The molecule has 0 radical (unpaired) electrons. The van der Waals surface area contributed by atoms with Gasteiger partial charge in [0.15, 0.2) is 0 Å². The molecule has 8 aromatic carbocycles. The van der Waals surface area contributed by atoms with Crippen LogP contribution in [-0.4, -0.2) is 6.85 Å². The van der Waals surface area contributed by atoms with Crippen molar-refractivity contribution in [2.45, 2.75) is 0 Å². The Bertz CT molecular complexity index is 2500. The number of para-hydroxylation sites is 2. The van der Waals surface area contributed by atoms with E-state index in [2.05, 4.69) is 186 Å². The average molecular weight is 597 g/mol. The maximum atomic E-state index is 2.60. The molecule has 8 aromatic rings. The maximum absolute atomic E-state index is 2.60. The second-order valence-electron chi connectivity index (χ2n) is 12.5. The Balaban J connectivity index is 1.31. The molecule has 47 heavy (non-hydrogen) atoms. The summed E-state index contributed by atoms with van der Waals surface area (Å²) in [6, 6.07) is 64.6. The van der Waals surface area contributed by atoms with Gasteiger partial charge in [0.05, 0.1) is 5.69 Å². The largest absolute Gasteiger partial charge is 0.376 e. The normalized spacial score (nSPS) is 13.0. The van der Waals surface area contributed by atoms with Crippen molar-refractivity contribution in [3.8, 4) is 22.3 Å². The lowest BCUT2D eigenvalue weighted by Crippen LogP contribution is -2.61. The fourth-order valence-corrected chi connectivity index (χ4v) is 8.01. The number of rotatable bonds is 3. The lowest BCUT2D eigenvalue weighted by atomic mass is 9.43. The molecule has 218 valence electrons. The number of nitrogens with zero attached hydrogens (tertiary/aromatic N) is 2. The summed E-state index contributed by atoms with van der Waals surface area (Å²) in [6.45, 7) is -0.00464. The van der Waals surface area contributed by atoms with Gasteiger partial charge in [0.2, 0.25) is 0 Å². The molecule has 0 atom stereocenters. The lowest BCUT2D eigenvalue weighted by Gasteiger charge is -2.46. The second-order valence-corrected chi connectivity index (χ2v) is 12.5. The zero-order valence-electron chi connectivity index (χ0n) is 25.7. The van der Waals surface area contributed by atoms with Crippen LogP contribution >= 0.6 is 0 Å². The van der Waals surface area contributed by atoms with Gasteiger partial charge in [-0.2, -0.15) is 0 Å². The highest BCUT2D eigenvalue weighted by molar-refractivity contribution is 6.93. The summed E-state index contributed by atoms with van der Waals surface area (Å²) < 4.78 is 0. The van der Waals surface area contributed by atoms with E-state index < -0.39 is 0 Å². The van der Waals surface area contributed by atoms with Crippen LogP contribution in [0.15, 0.2) is 176 Å². The molecule has 0 N–H and O–H groups in total. The Morgan fingerprint density at radius 1 is 0.362 bits per heavy atom.